The van der Waals surface area contributed by atoms with Gasteiger partial charge in [-0.05, 0) is 25.2 Å². The van der Waals surface area contributed by atoms with Crippen LogP contribution < -0.4 is 5.32 Å². The molecule has 1 N–H and O–H groups in total. The fourth-order valence-corrected chi connectivity index (χ4v) is 1.68. The Labute approximate surface area is 83.6 Å². The third kappa shape index (κ3) is 4.97. The van der Waals surface area contributed by atoms with Crippen LogP contribution in [0.15, 0.2) is 12.3 Å². The van der Waals surface area contributed by atoms with Gasteiger partial charge in [0.1, 0.15) is 0 Å². The van der Waals surface area contributed by atoms with Gasteiger partial charge in [0.15, 0.2) is 0 Å². The molecule has 0 rings (SSSR count). The molecule has 1 atom stereocenters. The largest absolute Gasteiger partial charge is 0.389 e. The van der Waals surface area contributed by atoms with Gasteiger partial charge in [-0.25, -0.2) is 0 Å². The second-order valence-electron chi connectivity index (χ2n) is 4.54. The molecule has 0 aliphatic rings. The first-order chi connectivity index (χ1) is 5.99. The van der Waals surface area contributed by atoms with E-state index in [1.54, 1.807) is 0 Å². The van der Waals surface area contributed by atoms with E-state index >= 15 is 0 Å². The van der Waals surface area contributed by atoms with Crippen molar-refractivity contribution in [3.63, 3.8) is 0 Å². The van der Waals surface area contributed by atoms with Crippen LogP contribution in [0.5, 0.6) is 0 Å². The van der Waals surface area contributed by atoms with Crippen molar-refractivity contribution in [1.29, 1.82) is 0 Å². The van der Waals surface area contributed by atoms with Crippen molar-refractivity contribution in [3.8, 4) is 0 Å². The predicted octanol–water partition coefficient (Wildman–Crippen LogP) is 3.43. The highest BCUT2D eigenvalue weighted by Crippen LogP contribution is 2.24. The molecular formula is C12H25N. The number of hydrogen-bond acceptors (Lipinski definition) is 1. The van der Waals surface area contributed by atoms with Crippen molar-refractivity contribution in [2.45, 2.75) is 41.0 Å². The lowest BCUT2D eigenvalue weighted by Crippen LogP contribution is -2.24. The standard InChI is InChI=1S/C12H25N/c1-7-13-11(6)12(10(4)5)8-9(2)3/h9-10,12-13H,6-8H2,1-5H3. The van der Waals surface area contributed by atoms with E-state index in [0.717, 1.165) is 12.5 Å². The molecule has 0 bridgehead atoms. The minimum Gasteiger partial charge on any atom is -0.389 e. The average molecular weight is 183 g/mol. The van der Waals surface area contributed by atoms with Crippen LogP contribution in [-0.2, 0) is 0 Å². The fraction of sp³-hybridized carbons (Fsp3) is 0.833. The molecule has 0 saturated carbocycles. The van der Waals surface area contributed by atoms with Gasteiger partial charge in [-0.1, -0.05) is 34.3 Å². The fourth-order valence-electron chi connectivity index (χ4n) is 1.68. The van der Waals surface area contributed by atoms with Crippen molar-refractivity contribution >= 4 is 0 Å². The highest BCUT2D eigenvalue weighted by atomic mass is 14.9. The molecule has 0 aromatic heterocycles. The molecule has 0 heterocycles. The van der Waals surface area contributed by atoms with E-state index in [0.29, 0.717) is 11.8 Å². The topological polar surface area (TPSA) is 12.0 Å². The lowest BCUT2D eigenvalue weighted by Gasteiger charge is -2.25. The summed E-state index contributed by atoms with van der Waals surface area (Å²) in [7, 11) is 0. The number of rotatable bonds is 6. The lowest BCUT2D eigenvalue weighted by atomic mass is 9.85. The first kappa shape index (κ1) is 12.5. The summed E-state index contributed by atoms with van der Waals surface area (Å²) >= 11 is 0. The van der Waals surface area contributed by atoms with E-state index in [4.69, 9.17) is 0 Å². The van der Waals surface area contributed by atoms with Gasteiger partial charge in [0.05, 0.1) is 0 Å². The van der Waals surface area contributed by atoms with Crippen LogP contribution in [0.1, 0.15) is 41.0 Å². The van der Waals surface area contributed by atoms with Gasteiger partial charge in [0, 0.05) is 18.2 Å². The number of hydrogen-bond donors (Lipinski definition) is 1. The van der Waals surface area contributed by atoms with Crippen molar-refractivity contribution in [3.05, 3.63) is 12.3 Å². The van der Waals surface area contributed by atoms with Gasteiger partial charge in [-0.15, -0.1) is 0 Å². The zero-order valence-corrected chi connectivity index (χ0v) is 9.85. The lowest BCUT2D eigenvalue weighted by molar-refractivity contribution is 0.349. The van der Waals surface area contributed by atoms with E-state index in [1.807, 2.05) is 0 Å². The third-order valence-electron chi connectivity index (χ3n) is 2.38. The molecular weight excluding hydrogens is 158 g/mol. The molecule has 0 aromatic carbocycles. The summed E-state index contributed by atoms with van der Waals surface area (Å²) < 4.78 is 0. The highest BCUT2D eigenvalue weighted by Gasteiger charge is 2.17. The molecule has 0 saturated heterocycles. The summed E-state index contributed by atoms with van der Waals surface area (Å²) in [6, 6.07) is 0. The van der Waals surface area contributed by atoms with Crippen LogP contribution in [0.3, 0.4) is 0 Å². The first-order valence-corrected chi connectivity index (χ1v) is 5.41. The molecule has 0 fully saturated rings. The highest BCUT2D eigenvalue weighted by molar-refractivity contribution is 4.99. The molecule has 0 aliphatic heterocycles. The molecule has 78 valence electrons. The summed E-state index contributed by atoms with van der Waals surface area (Å²) in [6.07, 6.45) is 1.24. The van der Waals surface area contributed by atoms with Gasteiger partial charge >= 0.3 is 0 Å². The quantitative estimate of drug-likeness (QED) is 0.665. The Morgan fingerprint density at radius 1 is 1.23 bits per heavy atom. The van der Waals surface area contributed by atoms with Crippen LogP contribution in [0.25, 0.3) is 0 Å². The molecule has 1 unspecified atom stereocenters. The molecule has 0 spiro atoms. The molecule has 0 amide bonds. The second-order valence-corrected chi connectivity index (χ2v) is 4.54. The van der Waals surface area contributed by atoms with Crippen LogP contribution in [-0.4, -0.2) is 6.54 Å². The van der Waals surface area contributed by atoms with E-state index < -0.39 is 0 Å². The monoisotopic (exact) mass is 183 g/mol. The third-order valence-corrected chi connectivity index (χ3v) is 2.38. The van der Waals surface area contributed by atoms with Gasteiger partial charge in [-0.2, -0.15) is 0 Å². The minimum atomic E-state index is 0.625. The molecule has 1 heteroatoms. The maximum absolute atomic E-state index is 4.11. The molecule has 1 nitrogen and oxygen atoms in total. The Morgan fingerprint density at radius 3 is 2.08 bits per heavy atom. The van der Waals surface area contributed by atoms with Crippen LogP contribution in [0.2, 0.25) is 0 Å². The van der Waals surface area contributed by atoms with Crippen molar-refractivity contribution < 1.29 is 0 Å². The summed E-state index contributed by atoms with van der Waals surface area (Å²) in [5.41, 5.74) is 1.21. The van der Waals surface area contributed by atoms with Gasteiger partial charge in [0.2, 0.25) is 0 Å². The molecule has 13 heavy (non-hydrogen) atoms. The Kier molecular flexibility index (Phi) is 5.85. The summed E-state index contributed by atoms with van der Waals surface area (Å²) in [4.78, 5) is 0. The Morgan fingerprint density at radius 2 is 1.77 bits per heavy atom. The minimum absolute atomic E-state index is 0.625. The number of nitrogens with one attached hydrogen (secondary N) is 1. The van der Waals surface area contributed by atoms with Crippen LogP contribution >= 0.6 is 0 Å². The van der Waals surface area contributed by atoms with Crippen LogP contribution in [0, 0.1) is 17.8 Å². The number of allylic oxidation sites excluding steroid dienone is 1. The maximum atomic E-state index is 4.11. The van der Waals surface area contributed by atoms with Crippen molar-refractivity contribution in [1.82, 2.24) is 5.32 Å². The molecule has 0 aliphatic carbocycles. The van der Waals surface area contributed by atoms with Gasteiger partial charge < -0.3 is 5.32 Å². The van der Waals surface area contributed by atoms with E-state index in [-0.39, 0.29) is 0 Å². The average Bonchev–Trinajstić information content (AvgIpc) is 1.99. The summed E-state index contributed by atoms with van der Waals surface area (Å²) in [6.45, 7) is 16.3. The van der Waals surface area contributed by atoms with Gasteiger partial charge in [-0.3, -0.25) is 0 Å². The second kappa shape index (κ2) is 6.06. The Balaban J connectivity index is 4.15. The van der Waals surface area contributed by atoms with E-state index in [2.05, 4.69) is 46.5 Å². The first-order valence-electron chi connectivity index (χ1n) is 5.41. The molecule has 0 aromatic rings. The summed E-state index contributed by atoms with van der Waals surface area (Å²) in [5, 5.41) is 3.34. The van der Waals surface area contributed by atoms with Crippen molar-refractivity contribution in [2.24, 2.45) is 17.8 Å². The SMILES string of the molecule is C=C(NCC)C(CC(C)C)C(C)C. The zero-order chi connectivity index (χ0) is 10.4. The smallest absolute Gasteiger partial charge is 0.0115 e. The Hall–Kier alpha value is -0.460. The maximum Gasteiger partial charge on any atom is 0.0115 e. The normalized spacial score (nSPS) is 13.5. The Bertz CT molecular complexity index is 147. The van der Waals surface area contributed by atoms with Crippen LogP contribution in [0.4, 0.5) is 0 Å². The van der Waals surface area contributed by atoms with E-state index in [9.17, 15) is 0 Å². The van der Waals surface area contributed by atoms with Gasteiger partial charge in [0.25, 0.3) is 0 Å². The summed E-state index contributed by atoms with van der Waals surface area (Å²) in [5.74, 6) is 2.07. The van der Waals surface area contributed by atoms with Crippen molar-refractivity contribution in [2.75, 3.05) is 6.54 Å². The molecule has 0 radical (unpaired) electrons. The zero-order valence-electron chi connectivity index (χ0n) is 9.85. The van der Waals surface area contributed by atoms with E-state index in [1.165, 1.54) is 12.1 Å². The predicted molar refractivity (Wildman–Crippen MR) is 60.6 cm³/mol.